The highest BCUT2D eigenvalue weighted by Crippen LogP contribution is 2.17. The number of hydrogen-bond donors (Lipinski definition) is 2. The first-order chi connectivity index (χ1) is 8.99. The first-order valence-electron chi connectivity index (χ1n) is 5.70. The van der Waals surface area contributed by atoms with Crippen molar-refractivity contribution in [3.8, 4) is 0 Å². The van der Waals surface area contributed by atoms with Crippen molar-refractivity contribution in [2.24, 2.45) is 10.9 Å². The van der Waals surface area contributed by atoms with E-state index in [9.17, 15) is 9.18 Å². The van der Waals surface area contributed by atoms with Gasteiger partial charge in [0.2, 0.25) is 0 Å². The molecule has 0 fully saturated rings. The van der Waals surface area contributed by atoms with Gasteiger partial charge in [-0.2, -0.15) is 0 Å². The zero-order chi connectivity index (χ0) is 14.4. The van der Waals surface area contributed by atoms with Gasteiger partial charge in [0, 0.05) is 11.6 Å². The fraction of sp³-hybridized carbons (Fsp3) is 0.333. The summed E-state index contributed by atoms with van der Waals surface area (Å²) in [5.41, 5.74) is 5.24. The molecule has 0 aliphatic carbocycles. The summed E-state index contributed by atoms with van der Waals surface area (Å²) in [6.07, 6.45) is 0.659. The minimum absolute atomic E-state index is 0.0743. The Morgan fingerprint density at radius 2 is 2.26 bits per heavy atom. The monoisotopic (exact) mass is 287 g/mol. The van der Waals surface area contributed by atoms with Crippen molar-refractivity contribution in [2.75, 3.05) is 13.1 Å². The number of amides is 1. The van der Waals surface area contributed by atoms with E-state index in [4.69, 9.17) is 22.5 Å². The number of nitrogens with two attached hydrogens (primary N) is 1. The van der Waals surface area contributed by atoms with Crippen LogP contribution in [0.25, 0.3) is 0 Å². The van der Waals surface area contributed by atoms with Crippen molar-refractivity contribution in [1.82, 2.24) is 4.90 Å². The van der Waals surface area contributed by atoms with E-state index in [1.807, 2.05) is 6.92 Å². The normalized spacial score (nSPS) is 11.4. The fourth-order valence-electron chi connectivity index (χ4n) is 1.58. The molecule has 0 radical (unpaired) electrons. The van der Waals surface area contributed by atoms with Crippen LogP contribution in [-0.4, -0.2) is 34.9 Å². The van der Waals surface area contributed by atoms with E-state index in [-0.39, 0.29) is 23.0 Å². The van der Waals surface area contributed by atoms with E-state index in [1.165, 1.54) is 17.0 Å². The minimum atomic E-state index is -0.657. The molecule has 0 saturated carbocycles. The molecule has 1 aromatic rings. The Kier molecular flexibility index (Phi) is 5.57. The number of oxime groups is 1. The second-order valence-electron chi connectivity index (χ2n) is 3.94. The summed E-state index contributed by atoms with van der Waals surface area (Å²) in [6.45, 7) is 2.15. The molecular weight excluding hydrogens is 273 g/mol. The molecule has 0 heterocycles. The SMILES string of the molecule is CCCN(CC(N)=NO)C(=O)c1cc(Cl)ccc1F. The highest BCUT2D eigenvalue weighted by atomic mass is 35.5. The predicted octanol–water partition coefficient (Wildman–Crippen LogP) is 2.08. The second-order valence-corrected chi connectivity index (χ2v) is 4.38. The van der Waals surface area contributed by atoms with Crippen LogP contribution < -0.4 is 5.73 Å². The number of amidine groups is 1. The molecule has 0 saturated heterocycles. The topological polar surface area (TPSA) is 78.9 Å². The molecule has 7 heteroatoms. The quantitative estimate of drug-likeness (QED) is 0.377. The summed E-state index contributed by atoms with van der Waals surface area (Å²) in [4.78, 5) is 13.5. The fourth-order valence-corrected chi connectivity index (χ4v) is 1.75. The number of carbonyl (C=O) groups excluding carboxylic acids is 1. The molecule has 0 aliphatic heterocycles. The standard InChI is InChI=1S/C12H15ClFN3O2/c1-2-5-17(7-11(15)16-19)12(18)9-6-8(13)3-4-10(9)14/h3-4,6,19H,2,5,7H2,1H3,(H2,15,16). The summed E-state index contributed by atoms with van der Waals surface area (Å²) in [5.74, 6) is -1.33. The third kappa shape index (κ3) is 4.10. The van der Waals surface area contributed by atoms with E-state index in [2.05, 4.69) is 5.16 Å². The average molecular weight is 288 g/mol. The lowest BCUT2D eigenvalue weighted by Crippen LogP contribution is -2.39. The van der Waals surface area contributed by atoms with Crippen LogP contribution in [0.2, 0.25) is 5.02 Å². The second kappa shape index (κ2) is 6.94. The van der Waals surface area contributed by atoms with Gasteiger partial charge in [-0.1, -0.05) is 23.7 Å². The summed E-state index contributed by atoms with van der Waals surface area (Å²) in [5, 5.41) is 11.6. The highest BCUT2D eigenvalue weighted by Gasteiger charge is 2.20. The van der Waals surface area contributed by atoms with Crippen LogP contribution in [0.3, 0.4) is 0 Å². The molecule has 0 spiro atoms. The van der Waals surface area contributed by atoms with Crippen LogP contribution in [0.4, 0.5) is 4.39 Å². The highest BCUT2D eigenvalue weighted by molar-refractivity contribution is 6.31. The Morgan fingerprint density at radius 3 is 2.84 bits per heavy atom. The molecule has 104 valence electrons. The largest absolute Gasteiger partial charge is 0.409 e. The molecule has 19 heavy (non-hydrogen) atoms. The number of hydrogen-bond acceptors (Lipinski definition) is 3. The van der Waals surface area contributed by atoms with Gasteiger partial charge in [0.15, 0.2) is 5.84 Å². The maximum atomic E-state index is 13.6. The van der Waals surface area contributed by atoms with Crippen molar-refractivity contribution in [3.63, 3.8) is 0 Å². The van der Waals surface area contributed by atoms with E-state index in [1.54, 1.807) is 0 Å². The Bertz CT molecular complexity index is 494. The summed E-state index contributed by atoms with van der Waals surface area (Å²) >= 11 is 5.75. The molecule has 1 aromatic carbocycles. The number of nitrogens with zero attached hydrogens (tertiary/aromatic N) is 2. The molecule has 1 amide bonds. The van der Waals surface area contributed by atoms with Crippen molar-refractivity contribution in [3.05, 3.63) is 34.6 Å². The van der Waals surface area contributed by atoms with Crippen LogP contribution in [-0.2, 0) is 0 Å². The van der Waals surface area contributed by atoms with Gasteiger partial charge in [0.25, 0.3) is 5.91 Å². The first kappa shape index (κ1) is 15.2. The van der Waals surface area contributed by atoms with Gasteiger partial charge in [0.05, 0.1) is 12.1 Å². The molecule has 0 bridgehead atoms. The minimum Gasteiger partial charge on any atom is -0.409 e. The summed E-state index contributed by atoms with van der Waals surface area (Å²) in [7, 11) is 0. The molecule has 0 unspecified atom stereocenters. The van der Waals surface area contributed by atoms with E-state index in [0.29, 0.717) is 13.0 Å². The Hall–Kier alpha value is -1.82. The number of rotatable bonds is 5. The van der Waals surface area contributed by atoms with Crippen LogP contribution in [0.15, 0.2) is 23.4 Å². The van der Waals surface area contributed by atoms with Crippen LogP contribution >= 0.6 is 11.6 Å². The van der Waals surface area contributed by atoms with E-state index >= 15 is 0 Å². The summed E-state index contributed by atoms with van der Waals surface area (Å²) < 4.78 is 13.6. The molecule has 5 nitrogen and oxygen atoms in total. The van der Waals surface area contributed by atoms with Crippen molar-refractivity contribution < 1.29 is 14.4 Å². The third-order valence-corrected chi connectivity index (χ3v) is 2.66. The van der Waals surface area contributed by atoms with Gasteiger partial charge in [-0.15, -0.1) is 0 Å². The Labute approximate surface area is 115 Å². The molecule has 0 aromatic heterocycles. The third-order valence-electron chi connectivity index (χ3n) is 2.42. The predicted molar refractivity (Wildman–Crippen MR) is 71.0 cm³/mol. The summed E-state index contributed by atoms with van der Waals surface area (Å²) in [6, 6.07) is 3.75. The lowest BCUT2D eigenvalue weighted by molar-refractivity contribution is 0.0773. The van der Waals surface area contributed by atoms with Gasteiger partial charge in [0.1, 0.15) is 5.82 Å². The average Bonchev–Trinajstić information content (AvgIpc) is 2.40. The van der Waals surface area contributed by atoms with E-state index < -0.39 is 11.7 Å². The Morgan fingerprint density at radius 1 is 1.58 bits per heavy atom. The van der Waals surface area contributed by atoms with Gasteiger partial charge in [-0.3, -0.25) is 4.79 Å². The van der Waals surface area contributed by atoms with Crippen LogP contribution in [0.5, 0.6) is 0 Å². The number of halogens is 2. The van der Waals surface area contributed by atoms with Crippen molar-refractivity contribution in [2.45, 2.75) is 13.3 Å². The number of carbonyl (C=O) groups is 1. The van der Waals surface area contributed by atoms with Crippen LogP contribution in [0.1, 0.15) is 23.7 Å². The van der Waals surface area contributed by atoms with Gasteiger partial charge in [-0.25, -0.2) is 4.39 Å². The molecule has 3 N–H and O–H groups in total. The molecular formula is C12H15ClFN3O2. The number of benzene rings is 1. The van der Waals surface area contributed by atoms with Gasteiger partial charge >= 0.3 is 0 Å². The molecule has 1 rings (SSSR count). The smallest absolute Gasteiger partial charge is 0.257 e. The van der Waals surface area contributed by atoms with Crippen LogP contribution in [0, 0.1) is 5.82 Å². The van der Waals surface area contributed by atoms with Gasteiger partial charge < -0.3 is 15.8 Å². The van der Waals surface area contributed by atoms with E-state index in [0.717, 1.165) is 6.07 Å². The lowest BCUT2D eigenvalue weighted by atomic mass is 10.1. The van der Waals surface area contributed by atoms with Gasteiger partial charge in [-0.05, 0) is 24.6 Å². The zero-order valence-electron chi connectivity index (χ0n) is 10.4. The Balaban J connectivity index is 3.01. The van der Waals surface area contributed by atoms with Crippen molar-refractivity contribution in [1.29, 1.82) is 0 Å². The maximum absolute atomic E-state index is 13.6. The lowest BCUT2D eigenvalue weighted by Gasteiger charge is -2.21. The molecule has 0 atom stereocenters. The van der Waals surface area contributed by atoms with Crippen molar-refractivity contribution >= 4 is 23.3 Å². The molecule has 0 aliphatic rings. The zero-order valence-corrected chi connectivity index (χ0v) is 11.2. The first-order valence-corrected chi connectivity index (χ1v) is 6.08. The maximum Gasteiger partial charge on any atom is 0.257 e.